The molecular weight excluding hydrogens is 275 g/mol. The SMILES string of the molecule is NNC(=O)c1ccn(COc2ccc(F)cc2Cl)n1. The van der Waals surface area contributed by atoms with Gasteiger partial charge in [0, 0.05) is 6.20 Å². The summed E-state index contributed by atoms with van der Waals surface area (Å²) in [5.74, 6) is 4.35. The van der Waals surface area contributed by atoms with E-state index in [1.807, 2.05) is 5.43 Å². The fourth-order valence-electron chi connectivity index (χ4n) is 1.36. The Labute approximate surface area is 112 Å². The highest BCUT2D eigenvalue weighted by Gasteiger charge is 2.08. The van der Waals surface area contributed by atoms with E-state index in [2.05, 4.69) is 5.10 Å². The lowest BCUT2D eigenvalue weighted by molar-refractivity contribution is 0.0946. The maximum absolute atomic E-state index is 12.8. The largest absolute Gasteiger partial charge is 0.470 e. The second-order valence-corrected chi connectivity index (χ2v) is 3.97. The molecule has 0 saturated carbocycles. The third kappa shape index (κ3) is 3.21. The van der Waals surface area contributed by atoms with Crippen LogP contribution in [0.25, 0.3) is 0 Å². The number of hydrogen-bond acceptors (Lipinski definition) is 4. The van der Waals surface area contributed by atoms with Gasteiger partial charge in [0.1, 0.15) is 11.6 Å². The molecule has 0 atom stereocenters. The molecule has 0 aliphatic carbocycles. The zero-order chi connectivity index (χ0) is 13.8. The van der Waals surface area contributed by atoms with E-state index in [1.165, 1.54) is 22.9 Å². The van der Waals surface area contributed by atoms with Crippen molar-refractivity contribution in [1.82, 2.24) is 15.2 Å². The molecule has 1 aromatic carbocycles. The third-order valence-electron chi connectivity index (χ3n) is 2.25. The van der Waals surface area contributed by atoms with Crippen LogP contribution in [0.4, 0.5) is 4.39 Å². The highest BCUT2D eigenvalue weighted by Crippen LogP contribution is 2.24. The minimum absolute atomic E-state index is 0.0310. The Bertz CT molecular complexity index is 602. The van der Waals surface area contributed by atoms with Crippen molar-refractivity contribution in [2.75, 3.05) is 0 Å². The molecule has 1 heterocycles. The average Bonchev–Trinajstić information content (AvgIpc) is 2.85. The molecule has 0 saturated heterocycles. The Morgan fingerprint density at radius 1 is 1.53 bits per heavy atom. The van der Waals surface area contributed by atoms with Gasteiger partial charge in [0.15, 0.2) is 12.4 Å². The molecule has 0 unspecified atom stereocenters. The van der Waals surface area contributed by atoms with Gasteiger partial charge in [-0.3, -0.25) is 10.2 Å². The number of nitrogens with two attached hydrogens (primary N) is 1. The molecule has 1 amide bonds. The minimum Gasteiger partial charge on any atom is -0.470 e. The van der Waals surface area contributed by atoms with E-state index in [-0.39, 0.29) is 17.4 Å². The van der Waals surface area contributed by atoms with Crippen LogP contribution in [0.5, 0.6) is 5.75 Å². The van der Waals surface area contributed by atoms with Gasteiger partial charge in [-0.25, -0.2) is 14.9 Å². The summed E-state index contributed by atoms with van der Waals surface area (Å²) >= 11 is 5.80. The summed E-state index contributed by atoms with van der Waals surface area (Å²) in [6.45, 7) is 0.0310. The van der Waals surface area contributed by atoms with Crippen molar-refractivity contribution in [3.63, 3.8) is 0 Å². The summed E-state index contributed by atoms with van der Waals surface area (Å²) in [5, 5.41) is 4.09. The molecule has 1 aromatic heterocycles. The first kappa shape index (κ1) is 13.3. The maximum Gasteiger partial charge on any atom is 0.285 e. The second-order valence-electron chi connectivity index (χ2n) is 3.56. The van der Waals surface area contributed by atoms with Gasteiger partial charge >= 0.3 is 0 Å². The van der Waals surface area contributed by atoms with E-state index in [9.17, 15) is 9.18 Å². The number of carbonyl (C=O) groups excluding carboxylic acids is 1. The van der Waals surface area contributed by atoms with Crippen molar-refractivity contribution in [3.8, 4) is 5.75 Å². The van der Waals surface area contributed by atoms with E-state index in [4.69, 9.17) is 22.2 Å². The molecule has 19 heavy (non-hydrogen) atoms. The first-order valence-electron chi connectivity index (χ1n) is 5.22. The quantitative estimate of drug-likeness (QED) is 0.504. The van der Waals surface area contributed by atoms with E-state index in [1.54, 1.807) is 6.20 Å². The number of nitrogens with one attached hydrogen (secondary N) is 1. The van der Waals surface area contributed by atoms with Crippen molar-refractivity contribution in [3.05, 3.63) is 47.0 Å². The van der Waals surface area contributed by atoms with Crippen LogP contribution in [-0.4, -0.2) is 15.7 Å². The molecule has 0 radical (unpaired) electrons. The zero-order valence-corrected chi connectivity index (χ0v) is 10.4. The molecule has 3 N–H and O–H groups in total. The lowest BCUT2D eigenvalue weighted by Gasteiger charge is -2.07. The van der Waals surface area contributed by atoms with Crippen LogP contribution < -0.4 is 16.0 Å². The number of amides is 1. The lowest BCUT2D eigenvalue weighted by atomic mass is 10.3. The summed E-state index contributed by atoms with van der Waals surface area (Å²) in [6, 6.07) is 5.28. The van der Waals surface area contributed by atoms with Gasteiger partial charge in [-0.2, -0.15) is 5.10 Å². The van der Waals surface area contributed by atoms with Crippen molar-refractivity contribution in [2.24, 2.45) is 5.84 Å². The number of aromatic nitrogens is 2. The van der Waals surface area contributed by atoms with E-state index in [0.717, 1.165) is 6.07 Å². The number of ether oxygens (including phenoxy) is 1. The summed E-state index contributed by atoms with van der Waals surface area (Å²) < 4.78 is 19.6. The molecule has 2 rings (SSSR count). The van der Waals surface area contributed by atoms with Gasteiger partial charge in [0.05, 0.1) is 5.02 Å². The van der Waals surface area contributed by atoms with E-state index < -0.39 is 11.7 Å². The van der Waals surface area contributed by atoms with Crippen molar-refractivity contribution >= 4 is 17.5 Å². The lowest BCUT2D eigenvalue weighted by Crippen LogP contribution is -2.30. The summed E-state index contributed by atoms with van der Waals surface area (Å²) in [4.78, 5) is 11.2. The molecule has 100 valence electrons. The van der Waals surface area contributed by atoms with Crippen molar-refractivity contribution in [2.45, 2.75) is 6.73 Å². The maximum atomic E-state index is 12.8. The van der Waals surface area contributed by atoms with Crippen molar-refractivity contribution < 1.29 is 13.9 Å². The van der Waals surface area contributed by atoms with Crippen molar-refractivity contribution in [1.29, 1.82) is 0 Å². The standard InChI is InChI=1S/C11H10ClFN4O2/c12-8-5-7(13)1-2-10(8)19-6-17-4-3-9(16-17)11(18)15-14/h1-5H,6,14H2,(H,15,18). The van der Waals surface area contributed by atoms with Gasteiger partial charge < -0.3 is 4.74 Å². The van der Waals surface area contributed by atoms with E-state index in [0.29, 0.717) is 5.75 Å². The number of benzene rings is 1. The average molecular weight is 285 g/mol. The molecule has 0 aliphatic rings. The second kappa shape index (κ2) is 5.68. The Morgan fingerprint density at radius 3 is 3.00 bits per heavy atom. The van der Waals surface area contributed by atoms with Gasteiger partial charge in [-0.15, -0.1) is 0 Å². The number of nitrogens with zero attached hydrogens (tertiary/aromatic N) is 2. The van der Waals surface area contributed by atoms with Crippen LogP contribution in [0.15, 0.2) is 30.5 Å². The fourth-order valence-corrected chi connectivity index (χ4v) is 1.58. The fraction of sp³-hybridized carbons (Fsp3) is 0.0909. The summed E-state index contributed by atoms with van der Waals surface area (Å²) in [5.41, 5.74) is 2.13. The van der Waals surface area contributed by atoms with Gasteiger partial charge in [-0.1, -0.05) is 11.6 Å². The molecule has 8 heteroatoms. The van der Waals surface area contributed by atoms with Crippen LogP contribution in [-0.2, 0) is 6.73 Å². The Balaban J connectivity index is 2.02. The molecule has 0 bridgehead atoms. The molecule has 0 spiro atoms. The predicted octanol–water partition coefficient (Wildman–Crippen LogP) is 1.32. The Kier molecular flexibility index (Phi) is 3.98. The third-order valence-corrected chi connectivity index (χ3v) is 2.55. The summed E-state index contributed by atoms with van der Waals surface area (Å²) in [6.07, 6.45) is 1.54. The predicted molar refractivity (Wildman–Crippen MR) is 65.9 cm³/mol. The highest BCUT2D eigenvalue weighted by molar-refractivity contribution is 6.32. The van der Waals surface area contributed by atoms with E-state index >= 15 is 0 Å². The number of halogens is 2. The zero-order valence-electron chi connectivity index (χ0n) is 9.64. The molecular formula is C11H10ClFN4O2. The topological polar surface area (TPSA) is 82.2 Å². The minimum atomic E-state index is -0.501. The first-order chi connectivity index (χ1) is 9.10. The van der Waals surface area contributed by atoms with Crippen LogP contribution in [0, 0.1) is 5.82 Å². The summed E-state index contributed by atoms with van der Waals surface area (Å²) in [7, 11) is 0. The number of rotatable bonds is 4. The van der Waals surface area contributed by atoms with Crippen LogP contribution in [0.1, 0.15) is 10.5 Å². The molecule has 0 fully saturated rings. The number of hydrogen-bond donors (Lipinski definition) is 2. The van der Waals surface area contributed by atoms with Gasteiger partial charge in [0.25, 0.3) is 5.91 Å². The monoisotopic (exact) mass is 284 g/mol. The molecule has 2 aromatic rings. The Hall–Kier alpha value is -2.12. The Morgan fingerprint density at radius 2 is 2.32 bits per heavy atom. The number of carbonyl (C=O) groups is 1. The van der Waals surface area contributed by atoms with Crippen LogP contribution in [0.3, 0.4) is 0 Å². The molecule has 6 nitrogen and oxygen atoms in total. The normalized spacial score (nSPS) is 10.3. The van der Waals surface area contributed by atoms with Gasteiger partial charge in [-0.05, 0) is 24.3 Å². The number of nitrogen functional groups attached to an aromatic ring is 1. The first-order valence-corrected chi connectivity index (χ1v) is 5.60. The van der Waals surface area contributed by atoms with Gasteiger partial charge in [0.2, 0.25) is 0 Å². The number of hydrazine groups is 1. The smallest absolute Gasteiger partial charge is 0.285 e. The molecule has 0 aliphatic heterocycles. The van der Waals surface area contributed by atoms with Crippen LogP contribution in [0.2, 0.25) is 5.02 Å². The van der Waals surface area contributed by atoms with Crippen LogP contribution >= 0.6 is 11.6 Å². The highest BCUT2D eigenvalue weighted by atomic mass is 35.5.